The second-order valence-electron chi connectivity index (χ2n) is 1.89. The summed E-state index contributed by atoms with van der Waals surface area (Å²) in [6.45, 7) is 0. The fraction of sp³-hybridized carbons (Fsp3) is 1.00. The van der Waals surface area contributed by atoms with E-state index < -0.39 is 8.80 Å². The lowest BCUT2D eigenvalue weighted by molar-refractivity contribution is 0.125. The van der Waals surface area contributed by atoms with Crippen molar-refractivity contribution in [2.45, 2.75) is 9.78 Å². The van der Waals surface area contributed by atoms with Crippen LogP contribution in [0.3, 0.4) is 0 Å². The van der Waals surface area contributed by atoms with Gasteiger partial charge in [0.2, 0.25) is 0 Å². The molecule has 0 unspecified atom stereocenters. The molecule has 0 aromatic carbocycles. The van der Waals surface area contributed by atoms with E-state index in [1.54, 1.807) is 21.3 Å². The quantitative estimate of drug-likeness (QED) is 0.574. The topological polar surface area (TPSA) is 27.7 Å². The van der Waals surface area contributed by atoms with Gasteiger partial charge in [0, 0.05) is 27.4 Å². The van der Waals surface area contributed by atoms with Crippen LogP contribution in [-0.2, 0) is 13.3 Å². The monoisotopic (exact) mass is 306 g/mol. The average molecular weight is 308 g/mol. The van der Waals surface area contributed by atoms with Gasteiger partial charge in [-0.25, -0.2) is 0 Å². The molecule has 3 nitrogen and oxygen atoms in total. The minimum absolute atomic E-state index is 0.168. The Labute approximate surface area is 85.0 Å². The molecule has 68 valence electrons. The van der Waals surface area contributed by atoms with Gasteiger partial charge in [0.15, 0.2) is 0 Å². The highest BCUT2D eigenvalue weighted by atomic mass is 79.9. The number of hydrogen-bond donors (Lipinski definition) is 0. The van der Waals surface area contributed by atoms with Crippen LogP contribution < -0.4 is 0 Å². The summed E-state index contributed by atoms with van der Waals surface area (Å²) in [5.74, 6) is 0. The Morgan fingerprint density at radius 2 is 1.45 bits per heavy atom. The highest BCUT2D eigenvalue weighted by Crippen LogP contribution is 2.23. The molecule has 0 saturated carbocycles. The Bertz CT molecular complexity index is 99.6. The van der Waals surface area contributed by atoms with Crippen molar-refractivity contribution in [1.29, 1.82) is 0 Å². The Morgan fingerprint density at radius 3 is 1.55 bits per heavy atom. The highest BCUT2D eigenvalue weighted by molar-refractivity contribution is 9.24. The highest BCUT2D eigenvalue weighted by Gasteiger charge is 2.39. The Morgan fingerprint density at radius 1 is 1.09 bits per heavy atom. The van der Waals surface area contributed by atoms with E-state index in [0.717, 1.165) is 0 Å². The molecule has 0 radical (unpaired) electrons. The molecule has 0 bridgehead atoms. The van der Waals surface area contributed by atoms with E-state index in [1.165, 1.54) is 0 Å². The fourth-order valence-corrected chi connectivity index (χ4v) is 4.45. The predicted octanol–water partition coefficient (Wildman–Crippen LogP) is 1.98. The maximum Gasteiger partial charge on any atom is 0.502 e. The van der Waals surface area contributed by atoms with Crippen molar-refractivity contribution < 1.29 is 13.3 Å². The second kappa shape index (κ2) is 5.66. The summed E-state index contributed by atoms with van der Waals surface area (Å²) in [6.07, 6.45) is 0. The number of hydrogen-bond acceptors (Lipinski definition) is 3. The van der Waals surface area contributed by atoms with Gasteiger partial charge in [0.25, 0.3) is 0 Å². The van der Waals surface area contributed by atoms with Gasteiger partial charge in [-0.05, 0) is 0 Å². The lowest BCUT2D eigenvalue weighted by Crippen LogP contribution is -2.43. The lowest BCUT2D eigenvalue weighted by atomic mass is 11.0. The van der Waals surface area contributed by atoms with Crippen LogP contribution in [0.25, 0.3) is 0 Å². The molecule has 0 aliphatic rings. The summed E-state index contributed by atoms with van der Waals surface area (Å²) in [6, 6.07) is 0.705. The van der Waals surface area contributed by atoms with Crippen LogP contribution in [0.2, 0.25) is 6.04 Å². The fourth-order valence-electron chi connectivity index (χ4n) is 0.689. The molecule has 6 heteroatoms. The van der Waals surface area contributed by atoms with Crippen molar-refractivity contribution in [3.05, 3.63) is 0 Å². The van der Waals surface area contributed by atoms with Gasteiger partial charge in [-0.2, -0.15) is 0 Å². The largest absolute Gasteiger partial charge is 0.502 e. The molecule has 0 N–H and O–H groups in total. The molecule has 0 aliphatic carbocycles. The molecule has 0 fully saturated rings. The molecule has 11 heavy (non-hydrogen) atoms. The molecule has 0 rings (SSSR count). The number of rotatable bonds is 5. The van der Waals surface area contributed by atoms with E-state index in [1.807, 2.05) is 0 Å². The van der Waals surface area contributed by atoms with E-state index in [4.69, 9.17) is 13.3 Å². The summed E-state index contributed by atoms with van der Waals surface area (Å²) in [4.78, 5) is 0. The van der Waals surface area contributed by atoms with Gasteiger partial charge in [0.05, 0.1) is 3.74 Å². The number of halogens is 2. The van der Waals surface area contributed by atoms with Crippen molar-refractivity contribution in [3.8, 4) is 0 Å². The van der Waals surface area contributed by atoms with Crippen molar-refractivity contribution in [2.75, 3.05) is 21.3 Å². The van der Waals surface area contributed by atoms with Crippen molar-refractivity contribution in [2.24, 2.45) is 0 Å². The maximum atomic E-state index is 5.18. The van der Waals surface area contributed by atoms with Crippen molar-refractivity contribution >= 4 is 40.7 Å². The lowest BCUT2D eigenvalue weighted by Gasteiger charge is -2.24. The normalized spacial score (nSPS) is 12.5. The molecule has 0 aromatic heterocycles. The first-order valence-electron chi connectivity index (χ1n) is 3.04. The second-order valence-corrected chi connectivity index (χ2v) is 8.33. The zero-order chi connectivity index (χ0) is 8.91. The molecule has 0 spiro atoms. The van der Waals surface area contributed by atoms with E-state index in [2.05, 4.69) is 31.9 Å². The molecule has 0 atom stereocenters. The first-order chi connectivity index (χ1) is 5.10. The summed E-state index contributed by atoms with van der Waals surface area (Å²) >= 11 is 6.69. The predicted molar refractivity (Wildman–Crippen MR) is 53.2 cm³/mol. The SMILES string of the molecule is CO[Si](CC(Br)Br)(OC)OC. The first kappa shape index (κ1) is 12.1. The Kier molecular flexibility index (Phi) is 6.20. The molecule has 0 heterocycles. The van der Waals surface area contributed by atoms with Crippen LogP contribution in [0.1, 0.15) is 0 Å². The summed E-state index contributed by atoms with van der Waals surface area (Å²) in [5, 5.41) is 0. The van der Waals surface area contributed by atoms with Gasteiger partial charge in [-0.3, -0.25) is 0 Å². The van der Waals surface area contributed by atoms with E-state index in [0.29, 0.717) is 6.04 Å². The van der Waals surface area contributed by atoms with Crippen LogP contribution in [0, 0.1) is 0 Å². The van der Waals surface area contributed by atoms with Gasteiger partial charge in [0.1, 0.15) is 0 Å². The Hall–Kier alpha value is 1.06. The van der Waals surface area contributed by atoms with E-state index in [9.17, 15) is 0 Å². The van der Waals surface area contributed by atoms with E-state index >= 15 is 0 Å². The smallest absolute Gasteiger partial charge is 0.377 e. The molecule has 0 aliphatic heterocycles. The van der Waals surface area contributed by atoms with Gasteiger partial charge in [-0.15, -0.1) is 0 Å². The molecule has 0 amide bonds. The van der Waals surface area contributed by atoms with Crippen LogP contribution >= 0.6 is 31.9 Å². The summed E-state index contributed by atoms with van der Waals surface area (Å²) in [7, 11) is 2.42. The molecular formula is C5H12Br2O3Si. The third-order valence-corrected chi connectivity index (χ3v) is 5.95. The van der Waals surface area contributed by atoms with Crippen molar-refractivity contribution in [1.82, 2.24) is 0 Å². The minimum atomic E-state index is -2.37. The van der Waals surface area contributed by atoms with Crippen LogP contribution in [0.5, 0.6) is 0 Å². The van der Waals surface area contributed by atoms with Crippen LogP contribution in [0.15, 0.2) is 0 Å². The minimum Gasteiger partial charge on any atom is -0.377 e. The maximum absolute atomic E-state index is 5.18. The third-order valence-electron chi connectivity index (χ3n) is 1.34. The van der Waals surface area contributed by atoms with Gasteiger partial charge < -0.3 is 13.3 Å². The zero-order valence-electron chi connectivity index (χ0n) is 6.77. The van der Waals surface area contributed by atoms with Crippen molar-refractivity contribution in [3.63, 3.8) is 0 Å². The van der Waals surface area contributed by atoms with Gasteiger partial charge in [-0.1, -0.05) is 31.9 Å². The van der Waals surface area contributed by atoms with E-state index in [-0.39, 0.29) is 3.74 Å². The average Bonchev–Trinajstić information content (AvgIpc) is 2.00. The zero-order valence-corrected chi connectivity index (χ0v) is 10.9. The van der Waals surface area contributed by atoms with Crippen LogP contribution in [-0.4, -0.2) is 33.9 Å². The van der Waals surface area contributed by atoms with Gasteiger partial charge >= 0.3 is 8.80 Å². The van der Waals surface area contributed by atoms with Crippen LogP contribution in [0.4, 0.5) is 0 Å². The number of alkyl halides is 2. The third kappa shape index (κ3) is 4.00. The summed E-state index contributed by atoms with van der Waals surface area (Å²) in [5.41, 5.74) is 0. The molecular weight excluding hydrogens is 296 g/mol. The standard InChI is InChI=1S/C5H12Br2O3Si/c1-8-11(9-2,10-3)4-5(6)7/h5H,4H2,1-3H3. The first-order valence-corrected chi connectivity index (χ1v) is 6.80. The summed E-state index contributed by atoms with van der Waals surface area (Å²) < 4.78 is 15.7. The molecule has 0 aromatic rings. The Balaban J connectivity index is 4.05. The molecule has 0 saturated heterocycles.